The maximum atomic E-state index is 12.9. The molecule has 1 aliphatic rings. The van der Waals surface area contributed by atoms with Crippen molar-refractivity contribution in [2.45, 2.75) is 13.0 Å². The average molecular weight is 337 g/mol. The molecule has 5 heteroatoms. The van der Waals surface area contributed by atoms with Gasteiger partial charge in [-0.1, -0.05) is 60.3 Å². The van der Waals surface area contributed by atoms with E-state index in [0.29, 0.717) is 5.57 Å². The van der Waals surface area contributed by atoms with Gasteiger partial charge in [-0.15, -0.1) is 0 Å². The lowest BCUT2D eigenvalue weighted by Crippen LogP contribution is -2.31. The minimum atomic E-state index is -0.307. The Morgan fingerprint density at radius 3 is 2.33 bits per heavy atom. The summed E-state index contributed by atoms with van der Waals surface area (Å²) in [4.78, 5) is 17.6. The number of rotatable bonds is 3. The molecular weight excluding hydrogens is 318 g/mol. The van der Waals surface area contributed by atoms with Gasteiger partial charge < -0.3 is 10.6 Å². The second-order valence-electron chi connectivity index (χ2n) is 5.44. The molecule has 1 amide bonds. The molecule has 2 aromatic carbocycles. The molecule has 122 valence electrons. The van der Waals surface area contributed by atoms with Crippen LogP contribution in [0.15, 0.2) is 76.9 Å². The third-order valence-electron chi connectivity index (χ3n) is 3.80. The molecule has 0 aromatic heterocycles. The number of hydrogen-bond acceptors (Lipinski definition) is 4. The van der Waals surface area contributed by atoms with E-state index in [9.17, 15) is 4.79 Å². The lowest BCUT2D eigenvalue weighted by atomic mass is 9.96. The molecule has 1 unspecified atom stereocenters. The van der Waals surface area contributed by atoms with Gasteiger partial charge in [0.05, 0.1) is 5.57 Å². The van der Waals surface area contributed by atoms with Crippen LogP contribution in [0.3, 0.4) is 0 Å². The molecule has 1 atom stereocenters. The van der Waals surface area contributed by atoms with Crippen LogP contribution in [-0.4, -0.2) is 17.3 Å². The number of anilines is 1. The molecule has 0 radical (unpaired) electrons. The predicted octanol–water partition coefficient (Wildman–Crippen LogP) is 3.96. The summed E-state index contributed by atoms with van der Waals surface area (Å²) in [5, 5.41) is 6.99. The highest BCUT2D eigenvalue weighted by molar-refractivity contribution is 8.13. The first kappa shape index (κ1) is 16.3. The molecule has 0 saturated heterocycles. The van der Waals surface area contributed by atoms with E-state index in [1.807, 2.05) is 73.8 Å². The van der Waals surface area contributed by atoms with Crippen molar-refractivity contribution >= 4 is 28.5 Å². The van der Waals surface area contributed by atoms with Crippen molar-refractivity contribution in [2.24, 2.45) is 4.99 Å². The minimum Gasteiger partial charge on any atom is -0.338 e. The highest BCUT2D eigenvalue weighted by Gasteiger charge is 2.29. The minimum absolute atomic E-state index is 0.135. The first-order chi connectivity index (χ1) is 11.7. The zero-order chi connectivity index (χ0) is 16.9. The van der Waals surface area contributed by atoms with Crippen LogP contribution in [0, 0.1) is 0 Å². The maximum absolute atomic E-state index is 12.9. The van der Waals surface area contributed by atoms with Gasteiger partial charge in [0.25, 0.3) is 5.91 Å². The van der Waals surface area contributed by atoms with Crippen LogP contribution in [0.1, 0.15) is 18.5 Å². The van der Waals surface area contributed by atoms with Crippen molar-refractivity contribution in [3.63, 3.8) is 0 Å². The van der Waals surface area contributed by atoms with Gasteiger partial charge in [0.2, 0.25) is 0 Å². The zero-order valence-corrected chi connectivity index (χ0v) is 14.4. The monoisotopic (exact) mass is 337 g/mol. The summed E-state index contributed by atoms with van der Waals surface area (Å²) in [5.41, 5.74) is 3.25. The molecule has 0 bridgehead atoms. The van der Waals surface area contributed by atoms with Crippen molar-refractivity contribution < 1.29 is 4.79 Å². The Labute approximate surface area is 146 Å². The summed E-state index contributed by atoms with van der Waals surface area (Å²) in [6, 6.07) is 19.1. The van der Waals surface area contributed by atoms with Gasteiger partial charge in [-0.3, -0.25) is 4.79 Å². The number of nitrogens with zero attached hydrogens (tertiary/aromatic N) is 1. The van der Waals surface area contributed by atoms with Gasteiger partial charge in [0.1, 0.15) is 6.04 Å². The van der Waals surface area contributed by atoms with E-state index in [1.165, 1.54) is 11.8 Å². The van der Waals surface area contributed by atoms with Crippen LogP contribution >= 0.6 is 11.8 Å². The number of allylic oxidation sites excluding steroid dienone is 1. The smallest absolute Gasteiger partial charge is 0.255 e. The van der Waals surface area contributed by atoms with Crippen molar-refractivity contribution in [1.29, 1.82) is 0 Å². The molecule has 0 saturated carbocycles. The molecule has 0 spiro atoms. The Bertz CT molecular complexity index is 785. The summed E-state index contributed by atoms with van der Waals surface area (Å²) in [5.74, 6) is -0.135. The van der Waals surface area contributed by atoms with Crippen LogP contribution < -0.4 is 10.6 Å². The largest absolute Gasteiger partial charge is 0.338 e. The maximum Gasteiger partial charge on any atom is 0.255 e. The topological polar surface area (TPSA) is 53.5 Å². The molecule has 3 rings (SSSR count). The van der Waals surface area contributed by atoms with E-state index in [2.05, 4.69) is 10.6 Å². The van der Waals surface area contributed by atoms with E-state index < -0.39 is 0 Å². The summed E-state index contributed by atoms with van der Waals surface area (Å²) in [7, 11) is 0. The molecule has 0 fully saturated rings. The Morgan fingerprint density at radius 2 is 1.71 bits per heavy atom. The molecular formula is C19H19N3OS. The summed E-state index contributed by atoms with van der Waals surface area (Å²) in [6.07, 6.45) is 1.97. The highest BCUT2D eigenvalue weighted by Crippen LogP contribution is 2.32. The molecule has 4 nitrogen and oxygen atoms in total. The van der Waals surface area contributed by atoms with Gasteiger partial charge in [0, 0.05) is 11.4 Å². The number of amidine groups is 1. The van der Waals surface area contributed by atoms with Crippen molar-refractivity contribution in [1.82, 2.24) is 5.32 Å². The van der Waals surface area contributed by atoms with E-state index in [0.717, 1.165) is 22.1 Å². The summed E-state index contributed by atoms with van der Waals surface area (Å²) >= 11 is 1.54. The van der Waals surface area contributed by atoms with Crippen LogP contribution in [0.25, 0.3) is 0 Å². The average Bonchev–Trinajstić information content (AvgIpc) is 2.62. The molecule has 1 aliphatic heterocycles. The number of benzene rings is 2. The van der Waals surface area contributed by atoms with E-state index in [-0.39, 0.29) is 11.9 Å². The Hall–Kier alpha value is -2.53. The number of para-hydroxylation sites is 1. The van der Waals surface area contributed by atoms with Gasteiger partial charge >= 0.3 is 0 Å². The van der Waals surface area contributed by atoms with Crippen molar-refractivity contribution in [3.05, 3.63) is 77.5 Å². The number of carbonyl (C=O) groups excluding carboxylic acids is 1. The fourth-order valence-electron chi connectivity index (χ4n) is 2.64. The van der Waals surface area contributed by atoms with Crippen molar-refractivity contribution in [3.8, 4) is 0 Å². The number of carbonyl (C=O) groups is 1. The number of aliphatic imine (C=N–C) groups is 1. The normalized spacial score (nSPS) is 17.1. The summed E-state index contributed by atoms with van der Waals surface area (Å²) in [6.45, 7) is 1.92. The number of nitrogens with one attached hydrogen (secondary N) is 2. The van der Waals surface area contributed by atoms with Gasteiger partial charge in [-0.2, -0.15) is 0 Å². The van der Waals surface area contributed by atoms with Gasteiger partial charge in [-0.05, 0) is 30.9 Å². The molecule has 2 aromatic rings. The van der Waals surface area contributed by atoms with E-state index in [1.54, 1.807) is 0 Å². The number of thioether (sulfide) groups is 1. The van der Waals surface area contributed by atoms with Crippen molar-refractivity contribution in [2.75, 3.05) is 11.6 Å². The second kappa shape index (κ2) is 7.36. The first-order valence-electron chi connectivity index (χ1n) is 7.70. The fraction of sp³-hybridized carbons (Fsp3) is 0.158. The Kier molecular flexibility index (Phi) is 5.01. The first-order valence-corrected chi connectivity index (χ1v) is 8.92. The molecule has 24 heavy (non-hydrogen) atoms. The molecule has 1 heterocycles. The van der Waals surface area contributed by atoms with E-state index >= 15 is 0 Å². The van der Waals surface area contributed by atoms with Gasteiger partial charge in [-0.25, -0.2) is 4.99 Å². The molecule has 2 N–H and O–H groups in total. The van der Waals surface area contributed by atoms with Crippen LogP contribution in [0.5, 0.6) is 0 Å². The lowest BCUT2D eigenvalue weighted by molar-refractivity contribution is -0.113. The Morgan fingerprint density at radius 1 is 1.08 bits per heavy atom. The lowest BCUT2D eigenvalue weighted by Gasteiger charge is -2.26. The zero-order valence-electron chi connectivity index (χ0n) is 13.6. The fourth-order valence-corrected chi connectivity index (χ4v) is 3.11. The SMILES string of the molecule is CSC1=NC(c2ccccc2)C(C(=O)Nc2ccccc2)=C(C)N1. The third kappa shape index (κ3) is 3.51. The second-order valence-corrected chi connectivity index (χ2v) is 6.23. The van der Waals surface area contributed by atoms with Crippen LogP contribution in [0.4, 0.5) is 5.69 Å². The Balaban J connectivity index is 1.95. The number of amides is 1. The standard InChI is InChI=1S/C19H19N3OS/c1-13-16(18(23)21-15-11-7-4-8-12-15)17(22-19(20-13)24-2)14-9-5-3-6-10-14/h3-12,17H,1-2H3,(H,20,22)(H,21,23). The number of hydrogen-bond donors (Lipinski definition) is 2. The van der Waals surface area contributed by atoms with Gasteiger partial charge in [0.15, 0.2) is 5.17 Å². The van der Waals surface area contributed by atoms with Crippen LogP contribution in [0.2, 0.25) is 0 Å². The third-order valence-corrected chi connectivity index (χ3v) is 4.40. The van der Waals surface area contributed by atoms with Crippen LogP contribution in [-0.2, 0) is 4.79 Å². The predicted molar refractivity (Wildman–Crippen MR) is 101 cm³/mol. The quantitative estimate of drug-likeness (QED) is 0.891. The van der Waals surface area contributed by atoms with E-state index in [4.69, 9.17) is 4.99 Å². The highest BCUT2D eigenvalue weighted by atomic mass is 32.2. The molecule has 0 aliphatic carbocycles. The summed E-state index contributed by atoms with van der Waals surface area (Å²) < 4.78 is 0.